The number of rotatable bonds is 2. The van der Waals surface area contributed by atoms with Crippen LogP contribution in [-0.4, -0.2) is 26.8 Å². The maximum absolute atomic E-state index is 12.2. The molecule has 1 N–H and O–H groups in total. The smallest absolute Gasteiger partial charge is 0.383 e. The summed E-state index contributed by atoms with van der Waals surface area (Å²) in [6, 6.07) is 0. The third kappa shape index (κ3) is 1.92. The summed E-state index contributed by atoms with van der Waals surface area (Å²) in [5, 5.41) is 10.8. The van der Waals surface area contributed by atoms with Gasteiger partial charge in [0, 0.05) is 23.7 Å². The number of imidazole rings is 1. The quantitative estimate of drug-likeness (QED) is 0.887. The minimum atomic E-state index is -4.59. The standard InChI is InChI=1S/C9H9F3N2OS/c1-5-6(4-7(15)9(10,11)12)14-2-3-16-8(14)13-5/h2-3,7,15H,4H2,1H3. The average Bonchev–Trinajstić information content (AvgIpc) is 2.68. The maximum Gasteiger partial charge on any atom is 0.414 e. The summed E-state index contributed by atoms with van der Waals surface area (Å²) >= 11 is 1.35. The number of hydrogen-bond donors (Lipinski definition) is 1. The van der Waals surface area contributed by atoms with E-state index in [0.717, 1.165) is 0 Å². The van der Waals surface area contributed by atoms with Crippen LogP contribution in [0.15, 0.2) is 11.6 Å². The van der Waals surface area contributed by atoms with Crippen LogP contribution in [-0.2, 0) is 6.42 Å². The number of nitrogens with zero attached hydrogens (tertiary/aromatic N) is 2. The van der Waals surface area contributed by atoms with Gasteiger partial charge >= 0.3 is 6.18 Å². The minimum absolute atomic E-state index is 0.404. The number of aliphatic hydroxyl groups is 1. The van der Waals surface area contributed by atoms with E-state index in [1.807, 2.05) is 0 Å². The van der Waals surface area contributed by atoms with Crippen LogP contribution in [0.25, 0.3) is 4.96 Å². The van der Waals surface area contributed by atoms with Crippen LogP contribution in [0, 0.1) is 6.92 Å². The molecule has 0 amide bonds. The van der Waals surface area contributed by atoms with E-state index in [2.05, 4.69) is 4.98 Å². The summed E-state index contributed by atoms with van der Waals surface area (Å²) in [5.41, 5.74) is 0.927. The Labute approximate surface area is 93.2 Å². The van der Waals surface area contributed by atoms with Crippen LogP contribution in [0.1, 0.15) is 11.4 Å². The molecule has 1 atom stereocenters. The van der Waals surface area contributed by atoms with Crippen molar-refractivity contribution in [2.45, 2.75) is 25.6 Å². The van der Waals surface area contributed by atoms with Gasteiger partial charge in [-0.2, -0.15) is 13.2 Å². The molecule has 0 saturated carbocycles. The molecule has 0 bridgehead atoms. The second kappa shape index (κ2) is 3.74. The molecule has 0 aromatic carbocycles. The summed E-state index contributed by atoms with van der Waals surface area (Å²) in [5.74, 6) is 0. The zero-order valence-corrected chi connectivity index (χ0v) is 9.14. The highest BCUT2D eigenvalue weighted by molar-refractivity contribution is 7.15. The fourth-order valence-electron chi connectivity index (χ4n) is 1.49. The number of aryl methyl sites for hydroxylation is 1. The number of hydrogen-bond acceptors (Lipinski definition) is 3. The molecule has 0 spiro atoms. The Bertz CT molecular complexity index is 502. The molecule has 2 heterocycles. The molecule has 2 aromatic rings. The van der Waals surface area contributed by atoms with Gasteiger partial charge in [0.15, 0.2) is 11.1 Å². The third-order valence-corrected chi connectivity index (χ3v) is 3.08. The molecule has 0 saturated heterocycles. The fraction of sp³-hybridized carbons (Fsp3) is 0.444. The minimum Gasteiger partial charge on any atom is -0.383 e. The largest absolute Gasteiger partial charge is 0.414 e. The maximum atomic E-state index is 12.2. The Morgan fingerprint density at radius 2 is 2.25 bits per heavy atom. The van der Waals surface area contributed by atoms with Gasteiger partial charge in [-0.25, -0.2) is 4.98 Å². The van der Waals surface area contributed by atoms with Crippen LogP contribution in [0.4, 0.5) is 13.2 Å². The van der Waals surface area contributed by atoms with E-state index in [4.69, 9.17) is 5.11 Å². The number of aliphatic hydroxyl groups excluding tert-OH is 1. The van der Waals surface area contributed by atoms with Crippen molar-refractivity contribution >= 4 is 16.3 Å². The van der Waals surface area contributed by atoms with Gasteiger partial charge in [0.2, 0.25) is 0 Å². The van der Waals surface area contributed by atoms with E-state index in [-0.39, 0.29) is 0 Å². The monoisotopic (exact) mass is 250 g/mol. The van der Waals surface area contributed by atoms with Gasteiger partial charge in [-0.3, -0.25) is 4.40 Å². The first-order valence-electron chi connectivity index (χ1n) is 4.55. The second-order valence-corrected chi connectivity index (χ2v) is 4.33. The average molecular weight is 250 g/mol. The number of fused-ring (bicyclic) bond motifs is 1. The summed E-state index contributed by atoms with van der Waals surface area (Å²) in [6.45, 7) is 1.64. The first-order valence-corrected chi connectivity index (χ1v) is 5.43. The van der Waals surface area contributed by atoms with Crippen molar-refractivity contribution in [2.75, 3.05) is 0 Å². The van der Waals surface area contributed by atoms with E-state index >= 15 is 0 Å². The topological polar surface area (TPSA) is 37.5 Å². The van der Waals surface area contributed by atoms with E-state index in [1.54, 1.807) is 22.9 Å². The van der Waals surface area contributed by atoms with E-state index < -0.39 is 18.7 Å². The summed E-state index contributed by atoms with van der Waals surface area (Å²) < 4.78 is 38.2. The van der Waals surface area contributed by atoms with Crippen LogP contribution in [0.5, 0.6) is 0 Å². The van der Waals surface area contributed by atoms with Crippen LogP contribution >= 0.6 is 11.3 Å². The SMILES string of the molecule is Cc1nc2sccn2c1CC(O)C(F)(F)F. The van der Waals surface area contributed by atoms with Crippen LogP contribution in [0.3, 0.4) is 0 Å². The Hall–Kier alpha value is -1.08. The highest BCUT2D eigenvalue weighted by Gasteiger charge is 2.39. The zero-order chi connectivity index (χ0) is 11.9. The highest BCUT2D eigenvalue weighted by atomic mass is 32.1. The van der Waals surface area contributed by atoms with E-state index in [9.17, 15) is 13.2 Å². The zero-order valence-electron chi connectivity index (χ0n) is 8.32. The Morgan fingerprint density at radius 3 is 2.88 bits per heavy atom. The van der Waals surface area contributed by atoms with E-state index in [1.165, 1.54) is 11.3 Å². The predicted molar refractivity (Wildman–Crippen MR) is 53.6 cm³/mol. The normalized spacial score (nSPS) is 14.6. The molecule has 0 aliphatic rings. The molecule has 2 rings (SSSR count). The molecule has 88 valence electrons. The van der Waals surface area contributed by atoms with Crippen molar-refractivity contribution in [3.63, 3.8) is 0 Å². The van der Waals surface area contributed by atoms with E-state index in [0.29, 0.717) is 16.3 Å². The van der Waals surface area contributed by atoms with Crippen molar-refractivity contribution in [1.29, 1.82) is 0 Å². The summed E-state index contributed by atoms with van der Waals surface area (Å²) in [7, 11) is 0. The molecule has 0 aliphatic heterocycles. The molecular weight excluding hydrogens is 241 g/mol. The summed E-state index contributed by atoms with van der Waals surface area (Å²) in [6.07, 6.45) is -5.75. The highest BCUT2D eigenvalue weighted by Crippen LogP contribution is 2.25. The lowest BCUT2D eigenvalue weighted by molar-refractivity contribution is -0.203. The molecular formula is C9H9F3N2OS. The summed E-state index contributed by atoms with van der Waals surface area (Å²) in [4.78, 5) is 4.75. The first kappa shape index (κ1) is 11.4. The van der Waals surface area contributed by atoms with Gasteiger partial charge in [0.25, 0.3) is 0 Å². The van der Waals surface area contributed by atoms with Gasteiger partial charge in [-0.1, -0.05) is 0 Å². The van der Waals surface area contributed by atoms with Crippen molar-refractivity contribution in [3.05, 3.63) is 23.0 Å². The molecule has 3 nitrogen and oxygen atoms in total. The Kier molecular flexibility index (Phi) is 2.67. The van der Waals surface area contributed by atoms with Crippen molar-refractivity contribution in [1.82, 2.24) is 9.38 Å². The molecule has 0 aliphatic carbocycles. The lowest BCUT2D eigenvalue weighted by Crippen LogP contribution is -2.31. The molecule has 1 unspecified atom stereocenters. The number of thiazole rings is 1. The van der Waals surface area contributed by atoms with Crippen molar-refractivity contribution < 1.29 is 18.3 Å². The van der Waals surface area contributed by atoms with Crippen LogP contribution < -0.4 is 0 Å². The van der Waals surface area contributed by atoms with Crippen molar-refractivity contribution in [2.24, 2.45) is 0 Å². The van der Waals surface area contributed by atoms with Gasteiger partial charge in [-0.05, 0) is 6.92 Å². The van der Waals surface area contributed by atoms with Crippen LogP contribution in [0.2, 0.25) is 0 Å². The molecule has 0 fully saturated rings. The van der Waals surface area contributed by atoms with Gasteiger partial charge in [0.1, 0.15) is 0 Å². The molecule has 2 aromatic heterocycles. The first-order chi connectivity index (χ1) is 7.39. The van der Waals surface area contributed by atoms with Gasteiger partial charge < -0.3 is 5.11 Å². The number of aromatic nitrogens is 2. The van der Waals surface area contributed by atoms with Gasteiger partial charge in [-0.15, -0.1) is 11.3 Å². The predicted octanol–water partition coefficient (Wildman–Crippen LogP) is 2.17. The van der Waals surface area contributed by atoms with Crippen molar-refractivity contribution in [3.8, 4) is 0 Å². The lowest BCUT2D eigenvalue weighted by atomic mass is 10.1. The Morgan fingerprint density at radius 1 is 1.56 bits per heavy atom. The lowest BCUT2D eigenvalue weighted by Gasteiger charge is -2.14. The number of halogens is 3. The third-order valence-electron chi connectivity index (χ3n) is 2.33. The Balaban J connectivity index is 2.33. The molecule has 16 heavy (non-hydrogen) atoms. The molecule has 7 heteroatoms. The number of alkyl halides is 3. The fourth-order valence-corrected chi connectivity index (χ4v) is 2.26. The molecule has 0 radical (unpaired) electrons. The van der Waals surface area contributed by atoms with Gasteiger partial charge in [0.05, 0.1) is 5.69 Å². The second-order valence-electron chi connectivity index (χ2n) is 3.46.